The first-order valence-electron chi connectivity index (χ1n) is 9.04. The molecular formula is C18H30N4O. The van der Waals surface area contributed by atoms with Gasteiger partial charge >= 0.3 is 6.03 Å². The topological polar surface area (TPSA) is 50.2 Å². The number of hydrogen-bond donors (Lipinski definition) is 1. The monoisotopic (exact) mass is 318 g/mol. The van der Waals surface area contributed by atoms with Crippen LogP contribution < -0.4 is 5.32 Å². The lowest BCUT2D eigenvalue weighted by Crippen LogP contribution is -2.70. The zero-order valence-electron chi connectivity index (χ0n) is 14.7. The van der Waals surface area contributed by atoms with Gasteiger partial charge in [0.2, 0.25) is 0 Å². The predicted molar refractivity (Wildman–Crippen MR) is 91.2 cm³/mol. The van der Waals surface area contributed by atoms with Crippen LogP contribution in [0.3, 0.4) is 0 Å². The fraction of sp³-hybridized carbons (Fsp3) is 0.778. The van der Waals surface area contributed by atoms with E-state index >= 15 is 0 Å². The van der Waals surface area contributed by atoms with Gasteiger partial charge in [-0.05, 0) is 30.7 Å². The van der Waals surface area contributed by atoms with Crippen molar-refractivity contribution in [3.05, 3.63) is 18.0 Å². The standard InChI is InChI=1S/C18H30N4O/c1-14(2)16-18(8-5-4-6-9-18)13-22(16)17(23)19-10-7-15-11-20-21(3)12-15/h11-12,14,16H,4-10,13H2,1-3H3,(H,19,23)/t16-/m0/s1. The largest absolute Gasteiger partial charge is 0.338 e. The van der Waals surface area contributed by atoms with Crippen LogP contribution in [0.2, 0.25) is 0 Å². The number of aromatic nitrogens is 2. The molecule has 1 saturated heterocycles. The Labute approximate surface area is 139 Å². The SMILES string of the molecule is CC(C)[C@@H]1N(C(=O)NCCc2cnn(C)c2)CC12CCCCC2. The molecule has 5 nitrogen and oxygen atoms in total. The van der Waals surface area contributed by atoms with E-state index in [1.165, 1.54) is 37.7 Å². The van der Waals surface area contributed by atoms with Crippen molar-refractivity contribution in [1.29, 1.82) is 0 Å². The van der Waals surface area contributed by atoms with Gasteiger partial charge in [-0.3, -0.25) is 4.68 Å². The van der Waals surface area contributed by atoms with Crippen molar-refractivity contribution in [3.63, 3.8) is 0 Å². The van der Waals surface area contributed by atoms with Crippen LogP contribution in [0.4, 0.5) is 4.79 Å². The van der Waals surface area contributed by atoms with E-state index in [0.717, 1.165) is 13.0 Å². The van der Waals surface area contributed by atoms with Crippen LogP contribution in [-0.2, 0) is 13.5 Å². The number of urea groups is 1. The molecule has 23 heavy (non-hydrogen) atoms. The molecule has 1 N–H and O–H groups in total. The van der Waals surface area contributed by atoms with Crippen LogP contribution in [0.1, 0.15) is 51.5 Å². The van der Waals surface area contributed by atoms with E-state index < -0.39 is 0 Å². The fourth-order valence-corrected chi connectivity index (χ4v) is 4.74. The molecule has 1 aliphatic heterocycles. The van der Waals surface area contributed by atoms with E-state index in [4.69, 9.17) is 0 Å². The Morgan fingerprint density at radius 2 is 2.13 bits per heavy atom. The zero-order valence-corrected chi connectivity index (χ0v) is 14.7. The van der Waals surface area contributed by atoms with Gasteiger partial charge in [-0.15, -0.1) is 0 Å². The number of hydrogen-bond acceptors (Lipinski definition) is 2. The van der Waals surface area contributed by atoms with Crippen molar-refractivity contribution in [1.82, 2.24) is 20.0 Å². The van der Waals surface area contributed by atoms with Crippen LogP contribution in [0, 0.1) is 11.3 Å². The summed E-state index contributed by atoms with van der Waals surface area (Å²) in [5.74, 6) is 0.533. The van der Waals surface area contributed by atoms with Gasteiger partial charge in [-0.2, -0.15) is 5.10 Å². The minimum Gasteiger partial charge on any atom is -0.338 e. The van der Waals surface area contributed by atoms with Crippen molar-refractivity contribution in [2.45, 2.75) is 58.4 Å². The third kappa shape index (κ3) is 3.24. The van der Waals surface area contributed by atoms with E-state index in [9.17, 15) is 4.79 Å². The molecule has 1 aliphatic carbocycles. The Bertz CT molecular complexity index is 545. The summed E-state index contributed by atoms with van der Waals surface area (Å²) in [5.41, 5.74) is 1.58. The maximum atomic E-state index is 12.6. The van der Waals surface area contributed by atoms with E-state index in [0.29, 0.717) is 23.9 Å². The lowest BCUT2D eigenvalue weighted by molar-refractivity contribution is -0.0883. The Morgan fingerprint density at radius 1 is 1.39 bits per heavy atom. The Morgan fingerprint density at radius 3 is 2.74 bits per heavy atom. The highest BCUT2D eigenvalue weighted by molar-refractivity contribution is 5.76. The smallest absolute Gasteiger partial charge is 0.317 e. The van der Waals surface area contributed by atoms with Gasteiger partial charge in [0.1, 0.15) is 0 Å². The third-order valence-corrected chi connectivity index (χ3v) is 5.64. The normalized spacial score (nSPS) is 23.1. The first kappa shape index (κ1) is 16.3. The molecule has 0 radical (unpaired) electrons. The highest BCUT2D eigenvalue weighted by Gasteiger charge is 2.55. The number of aryl methyl sites for hydroxylation is 1. The second-order valence-electron chi connectivity index (χ2n) is 7.74. The predicted octanol–water partition coefficient (Wildman–Crippen LogP) is 2.96. The average molecular weight is 318 g/mol. The summed E-state index contributed by atoms with van der Waals surface area (Å²) < 4.78 is 1.80. The van der Waals surface area contributed by atoms with Gasteiger partial charge in [0.05, 0.1) is 6.20 Å². The second kappa shape index (κ2) is 6.54. The molecule has 3 rings (SSSR count). The van der Waals surface area contributed by atoms with Crippen molar-refractivity contribution in [2.24, 2.45) is 18.4 Å². The number of carbonyl (C=O) groups is 1. The Balaban J connectivity index is 1.53. The second-order valence-corrected chi connectivity index (χ2v) is 7.74. The summed E-state index contributed by atoms with van der Waals surface area (Å²) in [5, 5.41) is 7.26. The molecule has 2 amide bonds. The molecular weight excluding hydrogens is 288 g/mol. The van der Waals surface area contributed by atoms with Crippen molar-refractivity contribution >= 4 is 6.03 Å². The lowest BCUT2D eigenvalue weighted by atomic mass is 9.60. The van der Waals surface area contributed by atoms with Gasteiger partial charge in [0.25, 0.3) is 0 Å². The summed E-state index contributed by atoms with van der Waals surface area (Å²) in [6.45, 7) is 6.15. The van der Waals surface area contributed by atoms with Crippen LogP contribution >= 0.6 is 0 Å². The lowest BCUT2D eigenvalue weighted by Gasteiger charge is -2.61. The number of amides is 2. The molecule has 1 aromatic heterocycles. The van der Waals surface area contributed by atoms with Crippen LogP contribution in [0.25, 0.3) is 0 Å². The minimum absolute atomic E-state index is 0.115. The van der Waals surface area contributed by atoms with Crippen LogP contribution in [0.5, 0.6) is 0 Å². The Hall–Kier alpha value is -1.52. The fourth-order valence-electron chi connectivity index (χ4n) is 4.74. The van der Waals surface area contributed by atoms with E-state index in [-0.39, 0.29) is 6.03 Å². The molecule has 1 spiro atoms. The molecule has 1 aromatic rings. The van der Waals surface area contributed by atoms with Crippen molar-refractivity contribution < 1.29 is 4.79 Å². The van der Waals surface area contributed by atoms with E-state index in [2.05, 4.69) is 29.2 Å². The van der Waals surface area contributed by atoms with E-state index in [1.807, 2.05) is 19.4 Å². The highest BCUT2D eigenvalue weighted by Crippen LogP contribution is 2.51. The van der Waals surface area contributed by atoms with Crippen molar-refractivity contribution in [2.75, 3.05) is 13.1 Å². The molecule has 128 valence electrons. The molecule has 0 unspecified atom stereocenters. The molecule has 1 atom stereocenters. The first-order chi connectivity index (χ1) is 11.0. The average Bonchev–Trinajstić information content (AvgIpc) is 2.90. The molecule has 5 heteroatoms. The quantitative estimate of drug-likeness (QED) is 0.928. The van der Waals surface area contributed by atoms with Crippen LogP contribution in [-0.4, -0.2) is 39.8 Å². The molecule has 0 aromatic carbocycles. The van der Waals surface area contributed by atoms with Gasteiger partial charge in [-0.1, -0.05) is 33.1 Å². The summed E-state index contributed by atoms with van der Waals surface area (Å²) in [6, 6.07) is 0.532. The number of rotatable bonds is 4. The number of nitrogens with one attached hydrogen (secondary N) is 1. The summed E-state index contributed by atoms with van der Waals surface area (Å²) in [7, 11) is 1.92. The summed E-state index contributed by atoms with van der Waals surface area (Å²) in [4.78, 5) is 14.6. The third-order valence-electron chi connectivity index (χ3n) is 5.64. The highest BCUT2D eigenvalue weighted by atomic mass is 16.2. The zero-order chi connectivity index (χ0) is 16.4. The van der Waals surface area contributed by atoms with Gasteiger partial charge in [-0.25, -0.2) is 4.79 Å². The molecule has 2 aliphatic rings. The number of carbonyl (C=O) groups excluding carboxylic acids is 1. The van der Waals surface area contributed by atoms with Gasteiger partial charge < -0.3 is 10.2 Å². The summed E-state index contributed by atoms with van der Waals surface area (Å²) >= 11 is 0. The number of likely N-dealkylation sites (tertiary alicyclic amines) is 1. The maximum Gasteiger partial charge on any atom is 0.317 e. The van der Waals surface area contributed by atoms with Gasteiger partial charge in [0.15, 0.2) is 0 Å². The maximum absolute atomic E-state index is 12.6. The molecule has 2 heterocycles. The van der Waals surface area contributed by atoms with Crippen LogP contribution in [0.15, 0.2) is 12.4 Å². The molecule has 1 saturated carbocycles. The molecule has 2 fully saturated rings. The van der Waals surface area contributed by atoms with E-state index in [1.54, 1.807) is 4.68 Å². The Kier molecular flexibility index (Phi) is 4.64. The minimum atomic E-state index is 0.115. The van der Waals surface area contributed by atoms with Crippen molar-refractivity contribution in [3.8, 4) is 0 Å². The summed E-state index contributed by atoms with van der Waals surface area (Å²) in [6.07, 6.45) is 11.3. The molecule has 0 bridgehead atoms. The number of nitrogens with zero attached hydrogens (tertiary/aromatic N) is 3. The first-order valence-corrected chi connectivity index (χ1v) is 9.04. The van der Waals surface area contributed by atoms with Gasteiger partial charge in [0, 0.05) is 37.8 Å².